The van der Waals surface area contributed by atoms with Gasteiger partial charge in [0, 0.05) is 28.0 Å². The van der Waals surface area contributed by atoms with Crippen LogP contribution in [0, 0.1) is 0 Å². The number of ketones is 1. The van der Waals surface area contributed by atoms with E-state index in [9.17, 15) is 14.7 Å². The number of benzene rings is 2. The zero-order chi connectivity index (χ0) is 22.5. The standard InChI is InChI=1S/C26H18N2O5/c29-24(21-12-15-6-1-4-10-20(15)33-21)22-23(18-13-27-19-9-3-2-8-17(18)19)28(26(31)25(22)30)14-16-7-5-11-32-16/h1-13,23,27,30H,14H2. The van der Waals surface area contributed by atoms with Crippen molar-refractivity contribution in [2.24, 2.45) is 0 Å². The molecule has 0 spiro atoms. The third-order valence-corrected chi connectivity index (χ3v) is 6.02. The van der Waals surface area contributed by atoms with E-state index >= 15 is 0 Å². The van der Waals surface area contributed by atoms with Crippen LogP contribution in [0.1, 0.15) is 27.9 Å². The van der Waals surface area contributed by atoms with Crippen LogP contribution >= 0.6 is 0 Å². The van der Waals surface area contributed by atoms with Crippen LogP contribution in [-0.4, -0.2) is 26.7 Å². The number of para-hydroxylation sites is 2. The van der Waals surface area contributed by atoms with E-state index < -0.39 is 23.5 Å². The molecule has 0 saturated carbocycles. The molecule has 7 heteroatoms. The molecule has 0 aliphatic carbocycles. The molecule has 162 valence electrons. The fourth-order valence-corrected chi connectivity index (χ4v) is 4.49. The van der Waals surface area contributed by atoms with Gasteiger partial charge in [-0.05, 0) is 30.3 Å². The van der Waals surface area contributed by atoms with Crippen molar-refractivity contribution >= 4 is 33.6 Å². The summed E-state index contributed by atoms with van der Waals surface area (Å²) < 4.78 is 11.2. The molecule has 6 rings (SSSR count). The maximum Gasteiger partial charge on any atom is 0.290 e. The molecular formula is C26H18N2O5. The second kappa shape index (κ2) is 7.27. The Kier molecular flexibility index (Phi) is 4.23. The number of furan rings is 2. The lowest BCUT2D eigenvalue weighted by atomic mass is 9.94. The van der Waals surface area contributed by atoms with E-state index in [1.807, 2.05) is 42.5 Å². The summed E-state index contributed by atoms with van der Waals surface area (Å²) in [7, 11) is 0. The van der Waals surface area contributed by atoms with Crippen molar-refractivity contribution in [3.63, 3.8) is 0 Å². The number of Topliss-reactive ketones (excluding diaryl/α,β-unsaturated/α-hetero) is 1. The predicted molar refractivity (Wildman–Crippen MR) is 120 cm³/mol. The Morgan fingerprint density at radius 1 is 1.06 bits per heavy atom. The molecule has 0 saturated heterocycles. The summed E-state index contributed by atoms with van der Waals surface area (Å²) in [5, 5.41) is 12.5. The number of aromatic amines is 1. The molecule has 5 aromatic rings. The van der Waals surface area contributed by atoms with Crippen molar-refractivity contribution in [2.45, 2.75) is 12.6 Å². The van der Waals surface area contributed by atoms with E-state index in [-0.39, 0.29) is 17.9 Å². The van der Waals surface area contributed by atoms with Gasteiger partial charge in [0.15, 0.2) is 11.5 Å². The summed E-state index contributed by atoms with van der Waals surface area (Å²) in [6.07, 6.45) is 3.28. The SMILES string of the molecule is O=C(C1=C(O)C(=O)N(Cc2ccco2)C1c1c[nH]c2ccccc12)c1cc2ccccc2o1. The van der Waals surface area contributed by atoms with Crippen LogP contribution in [0.3, 0.4) is 0 Å². The first-order chi connectivity index (χ1) is 16.1. The largest absolute Gasteiger partial charge is 0.503 e. The van der Waals surface area contributed by atoms with Crippen LogP contribution in [0.5, 0.6) is 0 Å². The number of fused-ring (bicyclic) bond motifs is 2. The number of aliphatic hydroxyl groups is 1. The Morgan fingerprint density at radius 3 is 2.70 bits per heavy atom. The van der Waals surface area contributed by atoms with Gasteiger partial charge in [0.25, 0.3) is 5.91 Å². The minimum Gasteiger partial charge on any atom is -0.503 e. The van der Waals surface area contributed by atoms with Gasteiger partial charge >= 0.3 is 0 Å². The van der Waals surface area contributed by atoms with Crippen molar-refractivity contribution < 1.29 is 23.5 Å². The lowest BCUT2D eigenvalue weighted by molar-refractivity contribution is -0.130. The number of carbonyl (C=O) groups is 2. The minimum atomic E-state index is -0.820. The van der Waals surface area contributed by atoms with Gasteiger partial charge < -0.3 is 23.8 Å². The van der Waals surface area contributed by atoms with Crippen LogP contribution in [0.4, 0.5) is 0 Å². The summed E-state index contributed by atoms with van der Waals surface area (Å²) in [4.78, 5) is 31.5. The van der Waals surface area contributed by atoms with Gasteiger partial charge in [-0.15, -0.1) is 0 Å². The number of H-pyrrole nitrogens is 1. The molecule has 2 N–H and O–H groups in total. The highest BCUT2D eigenvalue weighted by molar-refractivity contribution is 6.16. The minimum absolute atomic E-state index is 0.0182. The van der Waals surface area contributed by atoms with Crippen LogP contribution < -0.4 is 0 Å². The average molecular weight is 438 g/mol. The van der Waals surface area contributed by atoms with Gasteiger partial charge in [0.05, 0.1) is 24.4 Å². The molecule has 0 fully saturated rings. The molecule has 2 aromatic carbocycles. The molecule has 1 atom stereocenters. The van der Waals surface area contributed by atoms with E-state index in [0.717, 1.165) is 16.3 Å². The summed E-state index contributed by atoms with van der Waals surface area (Å²) in [5.41, 5.74) is 2.10. The van der Waals surface area contributed by atoms with E-state index in [1.54, 1.807) is 30.5 Å². The molecule has 1 amide bonds. The molecular weight excluding hydrogens is 420 g/mol. The first kappa shape index (κ1) is 19.2. The van der Waals surface area contributed by atoms with Crippen molar-refractivity contribution in [1.29, 1.82) is 0 Å². The molecule has 4 heterocycles. The van der Waals surface area contributed by atoms with Crippen molar-refractivity contribution in [2.75, 3.05) is 0 Å². The Balaban J connectivity index is 1.51. The van der Waals surface area contributed by atoms with Gasteiger partial charge in [-0.1, -0.05) is 36.4 Å². The number of rotatable bonds is 5. The third kappa shape index (κ3) is 2.97. The fraction of sp³-hybridized carbons (Fsp3) is 0.0769. The average Bonchev–Trinajstić information content (AvgIpc) is 3.62. The normalized spacial score (nSPS) is 16.4. The van der Waals surface area contributed by atoms with E-state index in [1.165, 1.54) is 11.2 Å². The lowest BCUT2D eigenvalue weighted by Gasteiger charge is -2.25. The predicted octanol–water partition coefficient (Wildman–Crippen LogP) is 5.29. The molecule has 0 radical (unpaired) electrons. The molecule has 33 heavy (non-hydrogen) atoms. The van der Waals surface area contributed by atoms with Crippen molar-refractivity contribution in [3.8, 4) is 0 Å². The Hall–Kier alpha value is -4.52. The van der Waals surface area contributed by atoms with Crippen molar-refractivity contribution in [1.82, 2.24) is 9.88 Å². The van der Waals surface area contributed by atoms with Crippen molar-refractivity contribution in [3.05, 3.63) is 108 Å². The number of hydrogen-bond donors (Lipinski definition) is 2. The fourth-order valence-electron chi connectivity index (χ4n) is 4.49. The second-order valence-corrected chi connectivity index (χ2v) is 7.94. The lowest BCUT2D eigenvalue weighted by Crippen LogP contribution is -2.30. The Labute approximate surface area is 187 Å². The maximum absolute atomic E-state index is 13.6. The molecule has 1 aliphatic rings. The third-order valence-electron chi connectivity index (χ3n) is 6.02. The van der Waals surface area contributed by atoms with Crippen LogP contribution in [0.15, 0.2) is 99.4 Å². The molecule has 0 bridgehead atoms. The monoisotopic (exact) mass is 438 g/mol. The van der Waals surface area contributed by atoms with Gasteiger partial charge in [0.1, 0.15) is 11.3 Å². The highest BCUT2D eigenvalue weighted by atomic mass is 16.3. The summed E-state index contributed by atoms with van der Waals surface area (Å²) >= 11 is 0. The smallest absolute Gasteiger partial charge is 0.290 e. The number of nitrogens with one attached hydrogen (secondary N) is 1. The first-order valence-electron chi connectivity index (χ1n) is 10.5. The van der Waals surface area contributed by atoms with Crippen LogP contribution in [0.2, 0.25) is 0 Å². The van der Waals surface area contributed by atoms with E-state index in [2.05, 4.69) is 4.98 Å². The van der Waals surface area contributed by atoms with Gasteiger partial charge in [-0.25, -0.2) is 0 Å². The number of nitrogens with zero attached hydrogens (tertiary/aromatic N) is 1. The van der Waals surface area contributed by atoms with E-state index in [0.29, 0.717) is 16.9 Å². The zero-order valence-electron chi connectivity index (χ0n) is 17.3. The van der Waals surface area contributed by atoms with Crippen LogP contribution in [0.25, 0.3) is 21.9 Å². The number of amides is 1. The first-order valence-corrected chi connectivity index (χ1v) is 10.5. The van der Waals surface area contributed by atoms with Gasteiger partial charge in [-0.3, -0.25) is 9.59 Å². The molecule has 1 aliphatic heterocycles. The number of aliphatic hydroxyl groups excluding tert-OH is 1. The summed E-state index contributed by atoms with van der Waals surface area (Å²) in [6.45, 7) is 0.0942. The number of carbonyl (C=O) groups excluding carboxylic acids is 2. The summed E-state index contributed by atoms with van der Waals surface area (Å²) in [6, 6.07) is 19.2. The highest BCUT2D eigenvalue weighted by Crippen LogP contribution is 2.42. The van der Waals surface area contributed by atoms with Crippen LogP contribution in [-0.2, 0) is 11.3 Å². The molecule has 7 nitrogen and oxygen atoms in total. The van der Waals surface area contributed by atoms with Gasteiger partial charge in [-0.2, -0.15) is 0 Å². The molecule has 3 aromatic heterocycles. The number of aromatic nitrogens is 1. The topological polar surface area (TPSA) is 99.7 Å². The second-order valence-electron chi connectivity index (χ2n) is 7.94. The Bertz CT molecular complexity index is 1520. The van der Waals surface area contributed by atoms with Gasteiger partial charge in [0.2, 0.25) is 5.78 Å². The Morgan fingerprint density at radius 2 is 1.88 bits per heavy atom. The quantitative estimate of drug-likeness (QED) is 0.364. The summed E-state index contributed by atoms with van der Waals surface area (Å²) in [5.74, 6) is -1.15. The zero-order valence-corrected chi connectivity index (χ0v) is 17.3. The molecule has 1 unspecified atom stereocenters. The van der Waals surface area contributed by atoms with E-state index in [4.69, 9.17) is 8.83 Å². The maximum atomic E-state index is 13.6. The highest BCUT2D eigenvalue weighted by Gasteiger charge is 2.45. The number of hydrogen-bond acceptors (Lipinski definition) is 5.